The molecule has 8 nitrogen and oxygen atoms in total. The second-order valence-electron chi connectivity index (χ2n) is 6.64. The minimum atomic E-state index is -1.56. The van der Waals surface area contributed by atoms with E-state index in [9.17, 15) is 24.9 Å². The molecule has 4 N–H and O–H groups in total. The lowest BCUT2D eigenvalue weighted by molar-refractivity contribution is -0.263. The van der Waals surface area contributed by atoms with E-state index in [2.05, 4.69) is 5.32 Å². The molecule has 3 rings (SSSR count). The zero-order valence-electron chi connectivity index (χ0n) is 14.2. The van der Waals surface area contributed by atoms with Gasteiger partial charge in [-0.1, -0.05) is 30.3 Å². The van der Waals surface area contributed by atoms with Crippen molar-refractivity contribution in [3.63, 3.8) is 0 Å². The fourth-order valence-electron chi connectivity index (χ4n) is 3.35. The molecule has 0 radical (unpaired) electrons. The molecule has 26 heavy (non-hydrogen) atoms. The zero-order valence-corrected chi connectivity index (χ0v) is 14.2. The number of aliphatic hydroxyl groups excluding tert-OH is 3. The summed E-state index contributed by atoms with van der Waals surface area (Å²) in [6.45, 7) is -0.258. The molecule has 2 fully saturated rings. The van der Waals surface area contributed by atoms with Gasteiger partial charge < -0.3 is 30.1 Å². The van der Waals surface area contributed by atoms with Gasteiger partial charge in [-0.25, -0.2) is 0 Å². The second-order valence-corrected chi connectivity index (χ2v) is 6.64. The highest BCUT2D eigenvalue weighted by Gasteiger charge is 2.42. The summed E-state index contributed by atoms with van der Waals surface area (Å²) in [6, 6.07) is 8.49. The fraction of sp³-hybridized carbons (Fsp3) is 0.556. The molecule has 6 unspecified atom stereocenters. The third kappa shape index (κ3) is 4.04. The van der Waals surface area contributed by atoms with Crippen molar-refractivity contribution in [1.82, 2.24) is 5.32 Å². The molecule has 1 amide bonds. The van der Waals surface area contributed by atoms with Gasteiger partial charge in [-0.2, -0.15) is 0 Å². The van der Waals surface area contributed by atoms with E-state index >= 15 is 0 Å². The third-order valence-corrected chi connectivity index (χ3v) is 4.77. The number of amides is 1. The Morgan fingerprint density at radius 1 is 1.19 bits per heavy atom. The molecule has 0 saturated carbocycles. The van der Waals surface area contributed by atoms with Crippen LogP contribution in [0.5, 0.6) is 0 Å². The van der Waals surface area contributed by atoms with E-state index in [1.165, 1.54) is 0 Å². The van der Waals surface area contributed by atoms with Gasteiger partial charge in [-0.05, 0) is 18.4 Å². The van der Waals surface area contributed by atoms with Crippen LogP contribution >= 0.6 is 0 Å². The van der Waals surface area contributed by atoms with Gasteiger partial charge in [0.25, 0.3) is 0 Å². The number of carbonyl (C=O) groups is 2. The van der Waals surface area contributed by atoms with Crippen molar-refractivity contribution in [2.45, 2.75) is 55.8 Å². The first-order valence-electron chi connectivity index (χ1n) is 8.68. The number of benzene rings is 1. The molecule has 142 valence electrons. The van der Waals surface area contributed by atoms with Crippen molar-refractivity contribution < 1.29 is 34.4 Å². The van der Waals surface area contributed by atoms with Crippen LogP contribution in [0.3, 0.4) is 0 Å². The lowest BCUT2D eigenvalue weighted by Crippen LogP contribution is -2.55. The van der Waals surface area contributed by atoms with Crippen LogP contribution < -0.4 is 5.32 Å². The summed E-state index contributed by atoms with van der Waals surface area (Å²) in [5.74, 6) is -1.56. The van der Waals surface area contributed by atoms with Crippen molar-refractivity contribution >= 4 is 11.9 Å². The standard InChI is InChI=1S/C18H23NO7/c20-12-9-25-18(16(23)15(12)22)26-17(24)14(10-5-2-1-3-6-10)11-7-4-8-13(21)19-11/h1-3,5-6,11-12,14-16,18,20,22-23H,4,7-9H2,(H,19,21). The highest BCUT2D eigenvalue weighted by molar-refractivity contribution is 5.82. The normalized spacial score (nSPS) is 33.2. The summed E-state index contributed by atoms with van der Waals surface area (Å²) >= 11 is 0. The maximum Gasteiger partial charge on any atom is 0.317 e. The van der Waals surface area contributed by atoms with Crippen LogP contribution in [0.4, 0.5) is 0 Å². The Bertz CT molecular complexity index is 638. The van der Waals surface area contributed by atoms with E-state index in [0.717, 1.165) is 0 Å². The van der Waals surface area contributed by atoms with Gasteiger partial charge in [0, 0.05) is 12.5 Å². The number of hydrogen-bond acceptors (Lipinski definition) is 7. The van der Waals surface area contributed by atoms with Crippen LogP contribution in [0, 0.1) is 0 Å². The lowest BCUT2D eigenvalue weighted by atomic mass is 9.86. The van der Waals surface area contributed by atoms with Crippen molar-refractivity contribution in [3.8, 4) is 0 Å². The fourth-order valence-corrected chi connectivity index (χ4v) is 3.35. The summed E-state index contributed by atoms with van der Waals surface area (Å²) in [5.41, 5.74) is 0.676. The largest absolute Gasteiger partial charge is 0.432 e. The van der Waals surface area contributed by atoms with E-state index in [0.29, 0.717) is 24.8 Å². The van der Waals surface area contributed by atoms with Gasteiger partial charge in [-0.3, -0.25) is 9.59 Å². The summed E-state index contributed by atoms with van der Waals surface area (Å²) in [7, 11) is 0. The van der Waals surface area contributed by atoms with Crippen LogP contribution in [0.2, 0.25) is 0 Å². The predicted molar refractivity (Wildman–Crippen MR) is 88.8 cm³/mol. The predicted octanol–water partition coefficient (Wildman–Crippen LogP) is -0.579. The molecular weight excluding hydrogens is 342 g/mol. The van der Waals surface area contributed by atoms with Crippen LogP contribution in [-0.4, -0.2) is 64.4 Å². The molecule has 0 spiro atoms. The quantitative estimate of drug-likeness (QED) is 0.526. The number of hydrogen-bond donors (Lipinski definition) is 4. The van der Waals surface area contributed by atoms with Gasteiger partial charge >= 0.3 is 5.97 Å². The summed E-state index contributed by atoms with van der Waals surface area (Å²) in [6.07, 6.45) is -3.95. The average Bonchev–Trinajstić information content (AvgIpc) is 2.63. The number of nitrogens with one attached hydrogen (secondary N) is 1. The van der Waals surface area contributed by atoms with Crippen molar-refractivity contribution in [3.05, 3.63) is 35.9 Å². The first-order valence-corrected chi connectivity index (χ1v) is 8.68. The molecule has 6 atom stereocenters. The Hall–Kier alpha value is -2.00. The van der Waals surface area contributed by atoms with E-state index in [-0.39, 0.29) is 12.5 Å². The Morgan fingerprint density at radius 3 is 2.62 bits per heavy atom. The molecule has 0 bridgehead atoms. The highest BCUT2D eigenvalue weighted by atomic mass is 16.7. The molecule has 2 aliphatic rings. The van der Waals surface area contributed by atoms with Gasteiger partial charge in [0.05, 0.1) is 6.61 Å². The van der Waals surface area contributed by atoms with Crippen molar-refractivity contribution in [2.24, 2.45) is 0 Å². The van der Waals surface area contributed by atoms with E-state index in [4.69, 9.17) is 9.47 Å². The third-order valence-electron chi connectivity index (χ3n) is 4.77. The Balaban J connectivity index is 1.78. The first-order chi connectivity index (χ1) is 12.5. The number of rotatable bonds is 4. The van der Waals surface area contributed by atoms with Crippen LogP contribution in [0.1, 0.15) is 30.7 Å². The topological polar surface area (TPSA) is 125 Å². The number of aliphatic hydroxyl groups is 3. The van der Waals surface area contributed by atoms with Crippen LogP contribution in [0.15, 0.2) is 30.3 Å². The number of piperidine rings is 1. The molecule has 8 heteroatoms. The minimum absolute atomic E-state index is 0.123. The summed E-state index contributed by atoms with van der Waals surface area (Å²) in [4.78, 5) is 24.6. The Labute approximate surface area is 150 Å². The van der Waals surface area contributed by atoms with E-state index < -0.39 is 42.5 Å². The second kappa shape index (κ2) is 8.13. The maximum absolute atomic E-state index is 12.8. The van der Waals surface area contributed by atoms with Gasteiger partial charge in [-0.15, -0.1) is 0 Å². The Morgan fingerprint density at radius 2 is 1.92 bits per heavy atom. The molecule has 1 aromatic carbocycles. The molecule has 2 saturated heterocycles. The molecule has 2 aliphatic heterocycles. The Kier molecular flexibility index (Phi) is 5.87. The molecular formula is C18H23NO7. The molecule has 0 aromatic heterocycles. The van der Waals surface area contributed by atoms with Crippen LogP contribution in [-0.2, 0) is 19.1 Å². The monoisotopic (exact) mass is 365 g/mol. The van der Waals surface area contributed by atoms with E-state index in [1.807, 2.05) is 6.07 Å². The first kappa shape index (κ1) is 18.8. The van der Waals surface area contributed by atoms with Crippen LogP contribution in [0.25, 0.3) is 0 Å². The van der Waals surface area contributed by atoms with E-state index in [1.54, 1.807) is 24.3 Å². The SMILES string of the molecule is O=C1CCCC(C(C(=O)OC2OCC(O)C(O)C2O)c2ccccc2)N1. The van der Waals surface area contributed by atoms with Gasteiger partial charge in [0.15, 0.2) is 0 Å². The molecule has 0 aliphatic carbocycles. The van der Waals surface area contributed by atoms with Gasteiger partial charge in [0.1, 0.15) is 24.2 Å². The average molecular weight is 365 g/mol. The number of esters is 1. The maximum atomic E-state index is 12.8. The number of ether oxygens (including phenoxy) is 2. The number of carbonyl (C=O) groups excluding carboxylic acids is 2. The zero-order chi connectivity index (χ0) is 18.7. The smallest absolute Gasteiger partial charge is 0.317 e. The summed E-state index contributed by atoms with van der Waals surface area (Å²) in [5, 5.41) is 32.0. The molecule has 1 aromatic rings. The van der Waals surface area contributed by atoms with Gasteiger partial charge in [0.2, 0.25) is 12.2 Å². The highest BCUT2D eigenvalue weighted by Crippen LogP contribution is 2.28. The lowest BCUT2D eigenvalue weighted by Gasteiger charge is -2.36. The minimum Gasteiger partial charge on any atom is -0.432 e. The summed E-state index contributed by atoms with van der Waals surface area (Å²) < 4.78 is 10.4. The molecule has 2 heterocycles. The van der Waals surface area contributed by atoms with Crippen molar-refractivity contribution in [1.29, 1.82) is 0 Å². The van der Waals surface area contributed by atoms with Crippen molar-refractivity contribution in [2.75, 3.05) is 6.61 Å².